The highest BCUT2D eigenvalue weighted by Crippen LogP contribution is 2.26. The lowest BCUT2D eigenvalue weighted by Gasteiger charge is -2.40. The number of carbonyl (C=O) groups is 2. The van der Waals surface area contributed by atoms with Gasteiger partial charge in [0, 0.05) is 4.91 Å². The molecule has 2 aromatic carbocycles. The number of hydrogen-bond acceptors (Lipinski definition) is 8. The third-order valence-electron chi connectivity index (χ3n) is 4.49. The Hall–Kier alpha value is -3.43. The Morgan fingerprint density at radius 2 is 1.57 bits per heavy atom. The molecule has 0 amide bonds. The van der Waals surface area contributed by atoms with Crippen LogP contribution in [0.4, 0.5) is 0 Å². The zero-order valence-corrected chi connectivity index (χ0v) is 15.6. The van der Waals surface area contributed by atoms with Gasteiger partial charge in [-0.1, -0.05) is 41.5 Å². The van der Waals surface area contributed by atoms with Gasteiger partial charge >= 0.3 is 11.9 Å². The summed E-state index contributed by atoms with van der Waals surface area (Å²) in [6.07, 6.45) is -5.84. The Balaban J connectivity index is 1.72. The van der Waals surface area contributed by atoms with E-state index in [4.69, 9.17) is 19.7 Å². The van der Waals surface area contributed by atoms with Crippen LogP contribution in [0.3, 0.4) is 0 Å². The van der Waals surface area contributed by atoms with Gasteiger partial charge in [-0.15, -0.1) is 0 Å². The summed E-state index contributed by atoms with van der Waals surface area (Å²) in [4.78, 5) is 27.1. The minimum atomic E-state index is -1.68. The van der Waals surface area contributed by atoms with Crippen LogP contribution in [0.5, 0.6) is 0 Å². The first-order valence-corrected chi connectivity index (χ1v) is 9.05. The number of azide groups is 1. The number of hydrogen-bond donors (Lipinski definition) is 2. The monoisotopic (exact) mass is 413 g/mol. The summed E-state index contributed by atoms with van der Waals surface area (Å²) in [5.74, 6) is -1.44. The van der Waals surface area contributed by atoms with Crippen molar-refractivity contribution in [1.82, 2.24) is 0 Å². The predicted octanol–water partition coefficient (Wildman–Crippen LogP) is 1.83. The van der Waals surface area contributed by atoms with Gasteiger partial charge in [-0.05, 0) is 29.8 Å². The molecule has 10 nitrogen and oxygen atoms in total. The van der Waals surface area contributed by atoms with Gasteiger partial charge in [-0.2, -0.15) is 0 Å². The number of nitrogens with zero attached hydrogens (tertiary/aromatic N) is 3. The van der Waals surface area contributed by atoms with Crippen LogP contribution in [-0.4, -0.2) is 59.4 Å². The Morgan fingerprint density at radius 3 is 2.13 bits per heavy atom. The quantitative estimate of drug-likeness (QED) is 0.317. The molecule has 5 atom stereocenters. The van der Waals surface area contributed by atoms with Crippen molar-refractivity contribution in [1.29, 1.82) is 0 Å². The summed E-state index contributed by atoms with van der Waals surface area (Å²) in [6.45, 7) is -0.422. The zero-order chi connectivity index (χ0) is 21.5. The summed E-state index contributed by atoms with van der Waals surface area (Å²) in [5, 5.41) is 24.2. The Morgan fingerprint density at radius 1 is 1.00 bits per heavy atom. The average molecular weight is 413 g/mol. The van der Waals surface area contributed by atoms with Gasteiger partial charge in [-0.25, -0.2) is 9.59 Å². The summed E-state index contributed by atoms with van der Waals surface area (Å²) in [5.41, 5.74) is 9.26. The molecule has 0 bridgehead atoms. The summed E-state index contributed by atoms with van der Waals surface area (Å²) >= 11 is 0. The van der Waals surface area contributed by atoms with E-state index in [1.54, 1.807) is 48.5 Å². The van der Waals surface area contributed by atoms with Gasteiger partial charge in [0.05, 0.1) is 11.1 Å². The first-order valence-electron chi connectivity index (χ1n) is 9.05. The maximum absolute atomic E-state index is 12.4. The third-order valence-corrected chi connectivity index (χ3v) is 4.49. The molecule has 1 heterocycles. The van der Waals surface area contributed by atoms with Crippen LogP contribution >= 0.6 is 0 Å². The molecule has 1 fully saturated rings. The first kappa shape index (κ1) is 21.3. The minimum Gasteiger partial charge on any atom is -0.459 e. The lowest BCUT2D eigenvalue weighted by Crippen LogP contribution is -2.59. The maximum Gasteiger partial charge on any atom is 0.338 e. The summed E-state index contributed by atoms with van der Waals surface area (Å²) in [6, 6.07) is 14.8. The topological polar surface area (TPSA) is 151 Å². The number of aliphatic hydroxyl groups is 2. The molecular weight excluding hydrogens is 394 g/mol. The zero-order valence-electron chi connectivity index (χ0n) is 15.6. The van der Waals surface area contributed by atoms with Gasteiger partial charge in [0.15, 0.2) is 6.29 Å². The fraction of sp³-hybridized carbons (Fsp3) is 0.300. The fourth-order valence-corrected chi connectivity index (χ4v) is 2.96. The van der Waals surface area contributed by atoms with E-state index in [2.05, 4.69) is 10.0 Å². The first-order chi connectivity index (χ1) is 14.5. The number of rotatable bonds is 6. The van der Waals surface area contributed by atoms with E-state index < -0.39 is 49.2 Å². The van der Waals surface area contributed by atoms with Gasteiger partial charge < -0.3 is 24.4 Å². The van der Waals surface area contributed by atoms with E-state index >= 15 is 0 Å². The Kier molecular flexibility index (Phi) is 6.99. The molecule has 1 saturated heterocycles. The third kappa shape index (κ3) is 4.94. The minimum absolute atomic E-state index is 0.206. The lowest BCUT2D eigenvalue weighted by atomic mass is 9.97. The van der Waals surface area contributed by atoms with Gasteiger partial charge in [0.2, 0.25) is 0 Å². The molecule has 0 spiro atoms. The molecule has 10 heteroatoms. The van der Waals surface area contributed by atoms with Crippen molar-refractivity contribution in [2.24, 2.45) is 5.11 Å². The van der Waals surface area contributed by atoms with Crippen molar-refractivity contribution in [3.63, 3.8) is 0 Å². The molecule has 2 N–H and O–H groups in total. The molecule has 3 unspecified atom stereocenters. The van der Waals surface area contributed by atoms with Crippen LogP contribution in [0.25, 0.3) is 10.4 Å². The Bertz CT molecular complexity index is 919. The normalized spacial score (nSPS) is 25.6. The van der Waals surface area contributed by atoms with Crippen molar-refractivity contribution in [2.45, 2.75) is 30.6 Å². The maximum atomic E-state index is 12.4. The van der Waals surface area contributed by atoms with Crippen LogP contribution in [-0.2, 0) is 14.2 Å². The van der Waals surface area contributed by atoms with Crippen molar-refractivity contribution in [2.75, 3.05) is 6.61 Å². The molecule has 1 aliphatic rings. The van der Waals surface area contributed by atoms with E-state index in [1.165, 1.54) is 12.1 Å². The largest absolute Gasteiger partial charge is 0.459 e. The van der Waals surface area contributed by atoms with E-state index in [-0.39, 0.29) is 5.56 Å². The highest BCUT2D eigenvalue weighted by atomic mass is 16.6. The van der Waals surface area contributed by atoms with Crippen LogP contribution in [0.15, 0.2) is 65.8 Å². The number of benzene rings is 2. The second-order valence-electron chi connectivity index (χ2n) is 6.45. The number of carbonyl (C=O) groups excluding carboxylic acids is 2. The average Bonchev–Trinajstić information content (AvgIpc) is 2.78. The highest BCUT2D eigenvalue weighted by Gasteiger charge is 2.47. The molecule has 3 rings (SSSR count). The lowest BCUT2D eigenvalue weighted by molar-refractivity contribution is -0.248. The SMILES string of the molecule is [N-]=[N+]=NC1C(O)OC(COC(=O)c2ccccc2)[C@H](O)[C@@H]1OC(=O)c1ccccc1. The van der Waals surface area contributed by atoms with Crippen molar-refractivity contribution in [3.05, 3.63) is 82.2 Å². The van der Waals surface area contributed by atoms with Gasteiger partial charge in [-0.3, -0.25) is 0 Å². The van der Waals surface area contributed by atoms with E-state index in [0.29, 0.717) is 5.56 Å². The predicted molar refractivity (Wildman–Crippen MR) is 102 cm³/mol. The van der Waals surface area contributed by atoms with Crippen LogP contribution in [0, 0.1) is 0 Å². The van der Waals surface area contributed by atoms with E-state index in [0.717, 1.165) is 0 Å². The molecule has 0 aromatic heterocycles. The molecule has 0 radical (unpaired) electrons. The number of ether oxygens (including phenoxy) is 3. The molecule has 156 valence electrons. The van der Waals surface area contributed by atoms with Crippen molar-refractivity contribution in [3.8, 4) is 0 Å². The summed E-state index contributed by atoms with van der Waals surface area (Å²) in [7, 11) is 0. The smallest absolute Gasteiger partial charge is 0.338 e. The molecule has 0 aliphatic carbocycles. The van der Waals surface area contributed by atoms with Gasteiger partial charge in [0.1, 0.15) is 31.0 Å². The van der Waals surface area contributed by atoms with E-state index in [1.807, 2.05) is 0 Å². The van der Waals surface area contributed by atoms with Crippen molar-refractivity contribution >= 4 is 11.9 Å². The second kappa shape index (κ2) is 9.86. The number of aliphatic hydroxyl groups excluding tert-OH is 2. The second-order valence-corrected chi connectivity index (χ2v) is 6.45. The van der Waals surface area contributed by atoms with E-state index in [9.17, 15) is 19.8 Å². The van der Waals surface area contributed by atoms with Gasteiger partial charge in [0.25, 0.3) is 0 Å². The molecule has 1 aliphatic heterocycles. The molecular formula is C20H19N3O7. The molecule has 2 aromatic rings. The number of esters is 2. The summed E-state index contributed by atoms with van der Waals surface area (Å²) < 4.78 is 15.7. The molecule has 30 heavy (non-hydrogen) atoms. The van der Waals surface area contributed by atoms with Crippen LogP contribution in [0.2, 0.25) is 0 Å². The highest BCUT2D eigenvalue weighted by molar-refractivity contribution is 5.89. The standard InChI is InChI=1S/C20H19N3O7/c21-23-22-15-17(30-19(26)13-9-5-2-6-10-13)16(24)14(29-20(15)27)11-28-18(25)12-7-3-1-4-8-12/h1-10,14-17,20,24,27H,11H2/t14?,15?,16-,17+,20?/m0/s1. The Labute approximate surface area is 171 Å². The fourth-order valence-electron chi connectivity index (χ4n) is 2.96. The van der Waals surface area contributed by atoms with Crippen LogP contribution in [0.1, 0.15) is 20.7 Å². The van der Waals surface area contributed by atoms with Crippen LogP contribution < -0.4 is 0 Å². The molecule has 0 saturated carbocycles. The van der Waals surface area contributed by atoms with Crippen molar-refractivity contribution < 1.29 is 34.0 Å².